The normalized spacial score (nSPS) is 12.8. The van der Waals surface area contributed by atoms with Gasteiger partial charge in [0.1, 0.15) is 17.2 Å². The Balaban J connectivity index is 1.84. The molecular weight excluding hydrogens is 277 g/mol. The van der Waals surface area contributed by atoms with Crippen molar-refractivity contribution in [3.8, 4) is 0 Å². The lowest BCUT2D eigenvalue weighted by molar-refractivity contribution is 0.493. The molecule has 0 fully saturated rings. The SMILES string of the molecule is NC(Cc1ccc(Cl)cc1)c1cc2cc(F)ccc2o1. The molecule has 2 nitrogen and oxygen atoms in total. The third-order valence-electron chi connectivity index (χ3n) is 3.23. The molecule has 4 heteroatoms. The van der Waals surface area contributed by atoms with Crippen molar-refractivity contribution in [2.45, 2.75) is 12.5 Å². The molecule has 0 spiro atoms. The van der Waals surface area contributed by atoms with Gasteiger partial charge in [0.15, 0.2) is 0 Å². The number of hydrogen-bond donors (Lipinski definition) is 1. The third-order valence-corrected chi connectivity index (χ3v) is 3.48. The molecule has 0 amide bonds. The molecule has 0 saturated carbocycles. The molecule has 0 aliphatic heterocycles. The Morgan fingerprint density at radius 1 is 1.10 bits per heavy atom. The van der Waals surface area contributed by atoms with Crippen molar-refractivity contribution in [3.05, 3.63) is 70.7 Å². The maximum absolute atomic E-state index is 13.1. The van der Waals surface area contributed by atoms with Crippen LogP contribution in [0.4, 0.5) is 4.39 Å². The van der Waals surface area contributed by atoms with Crippen LogP contribution in [0.5, 0.6) is 0 Å². The Labute approximate surface area is 121 Å². The van der Waals surface area contributed by atoms with Gasteiger partial charge in [0.2, 0.25) is 0 Å². The van der Waals surface area contributed by atoms with Crippen LogP contribution in [0, 0.1) is 5.82 Å². The predicted molar refractivity (Wildman–Crippen MR) is 78.3 cm³/mol. The number of halogens is 2. The van der Waals surface area contributed by atoms with Crippen LogP contribution in [-0.4, -0.2) is 0 Å². The highest BCUT2D eigenvalue weighted by atomic mass is 35.5. The maximum atomic E-state index is 13.1. The summed E-state index contributed by atoms with van der Waals surface area (Å²) in [7, 11) is 0. The molecule has 3 rings (SSSR count). The lowest BCUT2D eigenvalue weighted by atomic mass is 10.0. The highest BCUT2D eigenvalue weighted by Crippen LogP contribution is 2.25. The molecule has 0 aliphatic carbocycles. The summed E-state index contributed by atoms with van der Waals surface area (Å²) in [4.78, 5) is 0. The highest BCUT2D eigenvalue weighted by molar-refractivity contribution is 6.30. The first-order chi connectivity index (χ1) is 9.61. The maximum Gasteiger partial charge on any atom is 0.134 e. The van der Waals surface area contributed by atoms with E-state index in [0.717, 1.165) is 10.9 Å². The Hall–Kier alpha value is -1.84. The fourth-order valence-electron chi connectivity index (χ4n) is 2.19. The van der Waals surface area contributed by atoms with Gasteiger partial charge in [-0.15, -0.1) is 0 Å². The lowest BCUT2D eigenvalue weighted by Crippen LogP contribution is -2.12. The van der Waals surface area contributed by atoms with Gasteiger partial charge >= 0.3 is 0 Å². The van der Waals surface area contributed by atoms with E-state index in [1.807, 2.05) is 24.3 Å². The molecule has 3 aromatic rings. The molecule has 2 N–H and O–H groups in total. The van der Waals surface area contributed by atoms with Crippen LogP contribution in [0.15, 0.2) is 52.9 Å². The van der Waals surface area contributed by atoms with E-state index in [4.69, 9.17) is 21.8 Å². The topological polar surface area (TPSA) is 39.2 Å². The van der Waals surface area contributed by atoms with Crippen molar-refractivity contribution < 1.29 is 8.81 Å². The molecule has 102 valence electrons. The fourth-order valence-corrected chi connectivity index (χ4v) is 2.32. The first-order valence-corrected chi connectivity index (χ1v) is 6.68. The van der Waals surface area contributed by atoms with Crippen molar-refractivity contribution >= 4 is 22.6 Å². The van der Waals surface area contributed by atoms with Gasteiger partial charge in [-0.25, -0.2) is 4.39 Å². The van der Waals surface area contributed by atoms with E-state index in [-0.39, 0.29) is 11.9 Å². The Morgan fingerprint density at radius 3 is 2.60 bits per heavy atom. The minimum absolute atomic E-state index is 0.272. The number of rotatable bonds is 3. The van der Waals surface area contributed by atoms with E-state index in [0.29, 0.717) is 22.8 Å². The zero-order valence-electron chi connectivity index (χ0n) is 10.6. The standard InChI is InChI=1S/C16H13ClFNO/c17-12-3-1-10(2-4-12)7-14(19)16-9-11-8-13(18)5-6-15(11)20-16/h1-6,8-9,14H,7,19H2. The summed E-state index contributed by atoms with van der Waals surface area (Å²) in [5.41, 5.74) is 7.87. The van der Waals surface area contributed by atoms with Gasteiger partial charge in [0, 0.05) is 10.4 Å². The van der Waals surface area contributed by atoms with Gasteiger partial charge in [0.05, 0.1) is 6.04 Å². The second kappa shape index (κ2) is 5.27. The quantitative estimate of drug-likeness (QED) is 0.773. The average Bonchev–Trinajstić information content (AvgIpc) is 2.84. The average molecular weight is 290 g/mol. The smallest absolute Gasteiger partial charge is 0.134 e. The van der Waals surface area contributed by atoms with Gasteiger partial charge in [-0.1, -0.05) is 23.7 Å². The van der Waals surface area contributed by atoms with E-state index >= 15 is 0 Å². The molecule has 1 unspecified atom stereocenters. The fraction of sp³-hybridized carbons (Fsp3) is 0.125. The highest BCUT2D eigenvalue weighted by Gasteiger charge is 2.13. The van der Waals surface area contributed by atoms with Gasteiger partial charge in [0.25, 0.3) is 0 Å². The Bertz CT molecular complexity index is 736. The monoisotopic (exact) mass is 289 g/mol. The molecule has 0 radical (unpaired) electrons. The van der Waals surface area contributed by atoms with Crippen LogP contribution in [0.2, 0.25) is 5.02 Å². The minimum Gasteiger partial charge on any atom is -0.459 e. The largest absolute Gasteiger partial charge is 0.459 e. The number of benzene rings is 2. The van der Waals surface area contributed by atoms with Crippen molar-refractivity contribution in [3.63, 3.8) is 0 Å². The van der Waals surface area contributed by atoms with E-state index in [1.165, 1.54) is 12.1 Å². The molecule has 0 aliphatic rings. The molecule has 1 atom stereocenters. The zero-order chi connectivity index (χ0) is 14.1. The van der Waals surface area contributed by atoms with Crippen LogP contribution < -0.4 is 5.73 Å². The molecule has 20 heavy (non-hydrogen) atoms. The summed E-state index contributed by atoms with van der Waals surface area (Å²) in [6.07, 6.45) is 0.638. The summed E-state index contributed by atoms with van der Waals surface area (Å²) >= 11 is 5.85. The summed E-state index contributed by atoms with van der Waals surface area (Å²) < 4.78 is 18.8. The summed E-state index contributed by atoms with van der Waals surface area (Å²) in [6.45, 7) is 0. The summed E-state index contributed by atoms with van der Waals surface area (Å²) in [5, 5.41) is 1.42. The van der Waals surface area contributed by atoms with Crippen LogP contribution >= 0.6 is 11.6 Å². The van der Waals surface area contributed by atoms with E-state index in [2.05, 4.69) is 0 Å². The molecule has 1 aromatic heterocycles. The summed E-state index contributed by atoms with van der Waals surface area (Å²) in [6, 6.07) is 13.5. The Kier molecular flexibility index (Phi) is 3.47. The van der Waals surface area contributed by atoms with Gasteiger partial charge < -0.3 is 10.2 Å². The molecular formula is C16H13ClFNO. The van der Waals surface area contributed by atoms with E-state index in [1.54, 1.807) is 12.1 Å². The van der Waals surface area contributed by atoms with E-state index in [9.17, 15) is 4.39 Å². The zero-order valence-corrected chi connectivity index (χ0v) is 11.4. The second-order valence-corrected chi connectivity index (χ2v) is 5.20. The number of fused-ring (bicyclic) bond motifs is 1. The molecule has 0 bridgehead atoms. The molecule has 2 aromatic carbocycles. The minimum atomic E-state index is -0.281. The first-order valence-electron chi connectivity index (χ1n) is 6.31. The second-order valence-electron chi connectivity index (χ2n) is 4.77. The lowest BCUT2D eigenvalue weighted by Gasteiger charge is -2.08. The summed E-state index contributed by atoms with van der Waals surface area (Å²) in [5.74, 6) is 0.372. The van der Waals surface area contributed by atoms with Crippen LogP contribution in [0.1, 0.15) is 17.4 Å². The van der Waals surface area contributed by atoms with Crippen molar-refractivity contribution in [1.82, 2.24) is 0 Å². The number of hydrogen-bond acceptors (Lipinski definition) is 2. The van der Waals surface area contributed by atoms with Crippen LogP contribution in [0.25, 0.3) is 11.0 Å². The predicted octanol–water partition coefficient (Wildman–Crippen LogP) is 4.47. The van der Waals surface area contributed by atoms with Crippen LogP contribution in [-0.2, 0) is 6.42 Å². The number of furan rings is 1. The molecule has 1 heterocycles. The first kappa shape index (κ1) is 13.2. The van der Waals surface area contributed by atoms with Gasteiger partial charge in [-0.05, 0) is 48.4 Å². The van der Waals surface area contributed by atoms with Crippen molar-refractivity contribution in [1.29, 1.82) is 0 Å². The Morgan fingerprint density at radius 2 is 1.85 bits per heavy atom. The van der Waals surface area contributed by atoms with Gasteiger partial charge in [-0.2, -0.15) is 0 Å². The third kappa shape index (κ3) is 2.69. The van der Waals surface area contributed by atoms with Crippen molar-refractivity contribution in [2.24, 2.45) is 5.73 Å². The van der Waals surface area contributed by atoms with E-state index < -0.39 is 0 Å². The number of nitrogens with two attached hydrogens (primary N) is 1. The van der Waals surface area contributed by atoms with Crippen molar-refractivity contribution in [2.75, 3.05) is 0 Å². The van der Waals surface area contributed by atoms with Gasteiger partial charge in [-0.3, -0.25) is 0 Å². The van der Waals surface area contributed by atoms with Crippen LogP contribution in [0.3, 0.4) is 0 Å². The molecule has 0 saturated heterocycles.